The predicted octanol–water partition coefficient (Wildman–Crippen LogP) is 5.62. The average molecular weight is 615 g/mol. The van der Waals surface area contributed by atoms with Crippen LogP contribution in [0.2, 0.25) is 10.2 Å². The fourth-order valence-electron chi connectivity index (χ4n) is 6.17. The van der Waals surface area contributed by atoms with Gasteiger partial charge in [-0.3, -0.25) is 9.59 Å². The van der Waals surface area contributed by atoms with Crippen molar-refractivity contribution in [1.82, 2.24) is 10.3 Å². The molecule has 1 spiro atoms. The van der Waals surface area contributed by atoms with Crippen molar-refractivity contribution in [2.45, 2.75) is 50.6 Å². The topological polar surface area (TPSA) is 130 Å². The van der Waals surface area contributed by atoms with E-state index < -0.39 is 47.0 Å². The maximum atomic E-state index is 15.9. The quantitative estimate of drug-likeness (QED) is 0.265. The summed E-state index contributed by atoms with van der Waals surface area (Å²) in [7, 11) is 1.35. The highest BCUT2D eigenvalue weighted by Gasteiger charge is 2.66. The van der Waals surface area contributed by atoms with E-state index in [0.29, 0.717) is 17.7 Å². The lowest BCUT2D eigenvalue weighted by molar-refractivity contribution is -0.122. The van der Waals surface area contributed by atoms with Crippen molar-refractivity contribution in [3.63, 3.8) is 0 Å². The number of amides is 2. The standard InChI is InChI=1S/C30H29Cl2FN4O5/c1-29(2,3)12-21-30(16-13-34-22(32)11-19(16)36-28(30)41)23(15-6-5-7-17(31)24(15)33)25(37-21)26(38)35-18-9-8-14(27(39)40)10-20(18)42-4/h5-11,13,21,23,25,37H,12H2,1-4H3,(H,35,38)(H,36,41)(H,39,40)/t21-,23-,25+,30+/m0/s1. The number of nitrogens with one attached hydrogen (secondary N) is 3. The lowest BCUT2D eigenvalue weighted by Gasteiger charge is -2.37. The number of hydrogen-bond acceptors (Lipinski definition) is 6. The van der Waals surface area contributed by atoms with Crippen molar-refractivity contribution >= 4 is 52.4 Å². The largest absolute Gasteiger partial charge is 0.495 e. The van der Waals surface area contributed by atoms with Gasteiger partial charge in [-0.1, -0.05) is 56.1 Å². The molecule has 2 aliphatic heterocycles. The number of hydrogen-bond donors (Lipinski definition) is 4. The Kier molecular flexibility index (Phi) is 7.67. The molecule has 2 aromatic carbocycles. The molecule has 9 nitrogen and oxygen atoms in total. The minimum absolute atomic E-state index is 0.0303. The van der Waals surface area contributed by atoms with Gasteiger partial charge in [-0.05, 0) is 47.7 Å². The van der Waals surface area contributed by atoms with Crippen LogP contribution in [-0.4, -0.2) is 47.1 Å². The molecule has 42 heavy (non-hydrogen) atoms. The van der Waals surface area contributed by atoms with Gasteiger partial charge in [0.05, 0.1) is 29.4 Å². The highest BCUT2D eigenvalue weighted by Crippen LogP contribution is 2.57. The molecule has 4 atom stereocenters. The summed E-state index contributed by atoms with van der Waals surface area (Å²) in [6, 6.07) is 8.27. The molecule has 0 unspecified atom stereocenters. The number of halogens is 3. The van der Waals surface area contributed by atoms with Crippen LogP contribution in [0.3, 0.4) is 0 Å². The summed E-state index contributed by atoms with van der Waals surface area (Å²) in [6.07, 6.45) is 1.93. The molecule has 0 aliphatic carbocycles. The Bertz CT molecular complexity index is 1610. The number of benzene rings is 2. The lowest BCUT2D eigenvalue weighted by Crippen LogP contribution is -2.49. The number of carbonyl (C=O) groups excluding carboxylic acids is 2. The molecule has 3 aromatic rings. The van der Waals surface area contributed by atoms with Gasteiger partial charge in [0.2, 0.25) is 11.8 Å². The Labute approximate surface area is 251 Å². The second-order valence-corrected chi connectivity index (χ2v) is 12.5. The van der Waals surface area contributed by atoms with Crippen molar-refractivity contribution in [3.8, 4) is 5.75 Å². The van der Waals surface area contributed by atoms with E-state index in [2.05, 4.69) is 20.9 Å². The average Bonchev–Trinajstić information content (AvgIpc) is 3.39. The van der Waals surface area contributed by atoms with Crippen molar-refractivity contribution in [2.75, 3.05) is 17.7 Å². The summed E-state index contributed by atoms with van der Waals surface area (Å²) in [5.74, 6) is -3.86. The first-order chi connectivity index (χ1) is 19.8. The highest BCUT2D eigenvalue weighted by atomic mass is 35.5. The minimum atomic E-state index is -1.47. The first-order valence-electron chi connectivity index (χ1n) is 13.2. The Balaban J connectivity index is 1.70. The van der Waals surface area contributed by atoms with Crippen molar-refractivity contribution in [3.05, 3.63) is 81.3 Å². The third-order valence-corrected chi connectivity index (χ3v) is 8.31. The van der Waals surface area contributed by atoms with E-state index in [9.17, 15) is 19.5 Å². The number of nitrogens with zero attached hydrogens (tertiary/aromatic N) is 1. The summed E-state index contributed by atoms with van der Waals surface area (Å²) in [5, 5.41) is 18.5. The molecule has 4 N–H and O–H groups in total. The minimum Gasteiger partial charge on any atom is -0.495 e. The second kappa shape index (κ2) is 10.8. The summed E-state index contributed by atoms with van der Waals surface area (Å²) < 4.78 is 21.2. The molecule has 0 radical (unpaired) electrons. The van der Waals surface area contributed by atoms with Crippen LogP contribution < -0.4 is 20.7 Å². The fourth-order valence-corrected chi connectivity index (χ4v) is 6.51. The molecule has 2 amide bonds. The van der Waals surface area contributed by atoms with Crippen LogP contribution in [0.25, 0.3) is 0 Å². The van der Waals surface area contributed by atoms with Crippen LogP contribution in [-0.2, 0) is 15.0 Å². The van der Waals surface area contributed by atoms with Gasteiger partial charge in [-0.25, -0.2) is 14.2 Å². The molecule has 2 aliphatic rings. The number of carbonyl (C=O) groups is 3. The SMILES string of the molecule is COc1cc(C(=O)O)ccc1NC(=O)[C@@H]1N[C@@H](CC(C)(C)C)[C@@]2(C(=O)Nc3cc(Cl)ncc32)[C@H]1c1cccc(Cl)c1F. The van der Waals surface area contributed by atoms with Crippen LogP contribution in [0.1, 0.15) is 54.6 Å². The zero-order valence-corrected chi connectivity index (χ0v) is 24.7. The molecule has 220 valence electrons. The Morgan fingerprint density at radius 1 is 1.19 bits per heavy atom. The molecule has 1 aromatic heterocycles. The Hall–Kier alpha value is -3.73. The molecule has 0 bridgehead atoms. The van der Waals surface area contributed by atoms with Gasteiger partial charge in [0.15, 0.2) is 0 Å². The van der Waals surface area contributed by atoms with Crippen LogP contribution in [0, 0.1) is 11.2 Å². The first-order valence-corrected chi connectivity index (χ1v) is 13.9. The third-order valence-electron chi connectivity index (χ3n) is 7.82. The van der Waals surface area contributed by atoms with Gasteiger partial charge in [0.25, 0.3) is 0 Å². The van der Waals surface area contributed by atoms with Crippen LogP contribution in [0.15, 0.2) is 48.7 Å². The van der Waals surface area contributed by atoms with Crippen LogP contribution in [0.4, 0.5) is 15.8 Å². The summed E-state index contributed by atoms with van der Waals surface area (Å²) in [4.78, 5) is 44.0. The van der Waals surface area contributed by atoms with Crippen LogP contribution in [0.5, 0.6) is 5.75 Å². The number of anilines is 2. The second-order valence-electron chi connectivity index (χ2n) is 11.7. The van der Waals surface area contributed by atoms with E-state index in [1.54, 1.807) is 6.07 Å². The number of carboxylic acids is 1. The maximum absolute atomic E-state index is 15.9. The normalized spacial score (nSPS) is 23.0. The molecule has 12 heteroatoms. The summed E-state index contributed by atoms with van der Waals surface area (Å²) >= 11 is 12.4. The molecule has 0 saturated carbocycles. The first kappa shape index (κ1) is 29.8. The maximum Gasteiger partial charge on any atom is 0.335 e. The van der Waals surface area contributed by atoms with Crippen molar-refractivity contribution in [2.24, 2.45) is 5.41 Å². The van der Waals surface area contributed by atoms with Crippen molar-refractivity contribution < 1.29 is 28.6 Å². The third kappa shape index (κ3) is 4.97. The molecule has 1 fully saturated rings. The number of aromatic carboxylic acids is 1. The number of methoxy groups -OCH3 is 1. The predicted molar refractivity (Wildman–Crippen MR) is 157 cm³/mol. The Morgan fingerprint density at radius 3 is 2.60 bits per heavy atom. The number of aromatic nitrogens is 1. The van der Waals surface area contributed by atoms with Gasteiger partial charge in [0.1, 0.15) is 22.1 Å². The molecule has 5 rings (SSSR count). The van der Waals surface area contributed by atoms with Gasteiger partial charge < -0.3 is 25.8 Å². The number of carboxylic acid groups (broad SMARTS) is 1. The van der Waals surface area contributed by atoms with Gasteiger partial charge >= 0.3 is 5.97 Å². The molecular weight excluding hydrogens is 586 g/mol. The number of rotatable bonds is 6. The van der Waals surface area contributed by atoms with E-state index in [4.69, 9.17) is 27.9 Å². The van der Waals surface area contributed by atoms with E-state index in [0.717, 1.165) is 0 Å². The van der Waals surface area contributed by atoms with E-state index in [1.165, 1.54) is 49.7 Å². The summed E-state index contributed by atoms with van der Waals surface area (Å²) in [5.41, 5.74) is -0.605. The van der Waals surface area contributed by atoms with E-state index in [1.807, 2.05) is 20.8 Å². The van der Waals surface area contributed by atoms with Gasteiger partial charge in [-0.2, -0.15) is 0 Å². The van der Waals surface area contributed by atoms with E-state index in [-0.39, 0.29) is 38.2 Å². The number of fused-ring (bicyclic) bond motifs is 2. The van der Waals surface area contributed by atoms with Crippen LogP contribution >= 0.6 is 23.2 Å². The highest BCUT2D eigenvalue weighted by molar-refractivity contribution is 6.31. The van der Waals surface area contributed by atoms with Gasteiger partial charge in [-0.15, -0.1) is 0 Å². The van der Waals surface area contributed by atoms with Gasteiger partial charge in [0, 0.05) is 29.4 Å². The van der Waals surface area contributed by atoms with Crippen molar-refractivity contribution in [1.29, 1.82) is 0 Å². The molecule has 3 heterocycles. The molecular formula is C30H29Cl2FN4O5. The smallest absolute Gasteiger partial charge is 0.335 e. The number of pyridine rings is 1. The summed E-state index contributed by atoms with van der Waals surface area (Å²) in [6.45, 7) is 6.02. The number of ether oxygens (including phenoxy) is 1. The monoisotopic (exact) mass is 614 g/mol. The molecule has 1 saturated heterocycles. The zero-order chi connectivity index (χ0) is 30.6. The Morgan fingerprint density at radius 2 is 1.93 bits per heavy atom. The van der Waals surface area contributed by atoms with E-state index >= 15 is 4.39 Å². The zero-order valence-electron chi connectivity index (χ0n) is 23.2. The lowest BCUT2D eigenvalue weighted by atomic mass is 9.62. The fraction of sp³-hybridized carbons (Fsp3) is 0.333.